The molecule has 0 unspecified atom stereocenters. The van der Waals surface area contributed by atoms with Crippen LogP contribution >= 0.6 is 0 Å². The SMILES string of the molecule is CCN(CC)C(=O)CN(C)Cc1cc(F)ccc1N. The van der Waals surface area contributed by atoms with Gasteiger partial charge in [-0.15, -0.1) is 0 Å². The molecule has 2 N–H and O–H groups in total. The molecule has 0 aliphatic heterocycles. The number of benzene rings is 1. The zero-order valence-electron chi connectivity index (χ0n) is 11.8. The predicted molar refractivity (Wildman–Crippen MR) is 75.1 cm³/mol. The highest BCUT2D eigenvalue weighted by atomic mass is 19.1. The summed E-state index contributed by atoms with van der Waals surface area (Å²) in [4.78, 5) is 15.5. The Kier molecular flexibility index (Phi) is 5.76. The first kappa shape index (κ1) is 15.4. The zero-order valence-corrected chi connectivity index (χ0v) is 11.8. The summed E-state index contributed by atoms with van der Waals surface area (Å²) in [5, 5.41) is 0. The molecule has 5 heteroatoms. The monoisotopic (exact) mass is 267 g/mol. The van der Waals surface area contributed by atoms with E-state index in [-0.39, 0.29) is 11.7 Å². The predicted octanol–water partition coefficient (Wildman–Crippen LogP) is 1.71. The molecular formula is C14H22FN3O. The number of nitrogens with two attached hydrogens (primary N) is 1. The van der Waals surface area contributed by atoms with Crippen molar-refractivity contribution in [2.45, 2.75) is 20.4 Å². The minimum absolute atomic E-state index is 0.0717. The molecule has 1 amide bonds. The number of nitrogen functional groups attached to an aromatic ring is 1. The van der Waals surface area contributed by atoms with Gasteiger partial charge in [-0.05, 0) is 44.7 Å². The summed E-state index contributed by atoms with van der Waals surface area (Å²) in [5.41, 5.74) is 7.04. The van der Waals surface area contributed by atoms with Crippen molar-refractivity contribution in [3.8, 4) is 0 Å². The quantitative estimate of drug-likeness (QED) is 0.798. The van der Waals surface area contributed by atoms with Crippen LogP contribution in [-0.2, 0) is 11.3 Å². The van der Waals surface area contributed by atoms with E-state index in [9.17, 15) is 9.18 Å². The molecule has 0 aromatic heterocycles. The van der Waals surface area contributed by atoms with Crippen molar-refractivity contribution >= 4 is 11.6 Å². The van der Waals surface area contributed by atoms with Gasteiger partial charge in [0.25, 0.3) is 0 Å². The van der Waals surface area contributed by atoms with E-state index in [2.05, 4.69) is 0 Å². The van der Waals surface area contributed by atoms with E-state index >= 15 is 0 Å². The van der Waals surface area contributed by atoms with Crippen LogP contribution < -0.4 is 5.73 Å². The molecule has 0 saturated carbocycles. The Morgan fingerprint density at radius 2 is 1.95 bits per heavy atom. The normalized spacial score (nSPS) is 10.8. The number of hydrogen-bond donors (Lipinski definition) is 1. The third-order valence-electron chi connectivity index (χ3n) is 3.07. The maximum atomic E-state index is 13.1. The van der Waals surface area contributed by atoms with Crippen LogP contribution in [0.3, 0.4) is 0 Å². The Balaban J connectivity index is 2.62. The largest absolute Gasteiger partial charge is 0.398 e. The van der Waals surface area contributed by atoms with Crippen LogP contribution in [0.1, 0.15) is 19.4 Å². The molecule has 0 saturated heterocycles. The number of amides is 1. The van der Waals surface area contributed by atoms with Gasteiger partial charge in [0.2, 0.25) is 5.91 Å². The van der Waals surface area contributed by atoms with Crippen molar-refractivity contribution in [3.05, 3.63) is 29.6 Å². The Hall–Kier alpha value is -1.62. The van der Waals surface area contributed by atoms with Crippen molar-refractivity contribution in [2.24, 2.45) is 0 Å². The molecule has 1 aromatic carbocycles. The van der Waals surface area contributed by atoms with Crippen LogP contribution in [0.25, 0.3) is 0 Å². The number of carbonyl (C=O) groups is 1. The third kappa shape index (κ3) is 4.52. The molecular weight excluding hydrogens is 245 g/mol. The lowest BCUT2D eigenvalue weighted by atomic mass is 10.1. The number of likely N-dealkylation sites (N-methyl/N-ethyl adjacent to an activating group) is 2. The molecule has 19 heavy (non-hydrogen) atoms. The van der Waals surface area contributed by atoms with E-state index in [0.29, 0.717) is 37.4 Å². The fourth-order valence-electron chi connectivity index (χ4n) is 1.97. The second-order valence-electron chi connectivity index (χ2n) is 4.58. The van der Waals surface area contributed by atoms with Crippen LogP contribution in [-0.4, -0.2) is 42.4 Å². The highest BCUT2D eigenvalue weighted by Gasteiger charge is 2.13. The van der Waals surface area contributed by atoms with Crippen LogP contribution in [0, 0.1) is 5.82 Å². The average molecular weight is 267 g/mol. The van der Waals surface area contributed by atoms with E-state index in [4.69, 9.17) is 5.73 Å². The summed E-state index contributed by atoms with van der Waals surface area (Å²) < 4.78 is 13.1. The molecule has 4 nitrogen and oxygen atoms in total. The third-order valence-corrected chi connectivity index (χ3v) is 3.07. The average Bonchev–Trinajstić information content (AvgIpc) is 2.35. The van der Waals surface area contributed by atoms with Crippen molar-refractivity contribution in [2.75, 3.05) is 32.4 Å². The molecule has 0 heterocycles. The Morgan fingerprint density at radius 1 is 1.32 bits per heavy atom. The highest BCUT2D eigenvalue weighted by Crippen LogP contribution is 2.15. The van der Waals surface area contributed by atoms with Gasteiger partial charge in [0.05, 0.1) is 6.54 Å². The Labute approximate surface area is 114 Å². The number of anilines is 1. The maximum Gasteiger partial charge on any atom is 0.236 e. The van der Waals surface area contributed by atoms with Crippen molar-refractivity contribution in [1.82, 2.24) is 9.80 Å². The summed E-state index contributed by atoms with van der Waals surface area (Å²) in [6, 6.07) is 4.29. The first-order chi connectivity index (χ1) is 8.97. The van der Waals surface area contributed by atoms with Crippen molar-refractivity contribution in [1.29, 1.82) is 0 Å². The molecule has 0 atom stereocenters. The van der Waals surface area contributed by atoms with Crippen molar-refractivity contribution < 1.29 is 9.18 Å². The van der Waals surface area contributed by atoms with Gasteiger partial charge in [-0.25, -0.2) is 4.39 Å². The molecule has 1 rings (SSSR count). The van der Waals surface area contributed by atoms with E-state index in [1.165, 1.54) is 12.1 Å². The Bertz CT molecular complexity index is 433. The van der Waals surface area contributed by atoms with Gasteiger partial charge in [0.1, 0.15) is 5.82 Å². The van der Waals surface area contributed by atoms with Crippen LogP contribution in [0.5, 0.6) is 0 Å². The second-order valence-corrected chi connectivity index (χ2v) is 4.58. The lowest BCUT2D eigenvalue weighted by molar-refractivity contribution is -0.131. The minimum Gasteiger partial charge on any atom is -0.398 e. The van der Waals surface area contributed by atoms with Crippen LogP contribution in [0.4, 0.5) is 10.1 Å². The number of carbonyl (C=O) groups excluding carboxylic acids is 1. The highest BCUT2D eigenvalue weighted by molar-refractivity contribution is 5.78. The van der Waals surface area contributed by atoms with E-state index < -0.39 is 0 Å². The van der Waals surface area contributed by atoms with Crippen LogP contribution in [0.2, 0.25) is 0 Å². The zero-order chi connectivity index (χ0) is 14.4. The van der Waals surface area contributed by atoms with E-state index in [1.807, 2.05) is 25.8 Å². The van der Waals surface area contributed by atoms with Gasteiger partial charge in [0, 0.05) is 25.3 Å². The van der Waals surface area contributed by atoms with Gasteiger partial charge in [-0.3, -0.25) is 9.69 Å². The van der Waals surface area contributed by atoms with E-state index in [0.717, 1.165) is 0 Å². The molecule has 0 spiro atoms. The molecule has 0 bridgehead atoms. The first-order valence-electron chi connectivity index (χ1n) is 6.48. The topological polar surface area (TPSA) is 49.6 Å². The number of hydrogen-bond acceptors (Lipinski definition) is 3. The molecule has 0 aliphatic rings. The Morgan fingerprint density at radius 3 is 2.53 bits per heavy atom. The number of rotatable bonds is 6. The first-order valence-corrected chi connectivity index (χ1v) is 6.48. The van der Waals surface area contributed by atoms with Gasteiger partial charge in [0.15, 0.2) is 0 Å². The van der Waals surface area contributed by atoms with Gasteiger partial charge in [-0.2, -0.15) is 0 Å². The van der Waals surface area contributed by atoms with Gasteiger partial charge in [-0.1, -0.05) is 0 Å². The smallest absolute Gasteiger partial charge is 0.236 e. The second kappa shape index (κ2) is 7.09. The fraction of sp³-hybridized carbons (Fsp3) is 0.500. The molecule has 0 radical (unpaired) electrons. The number of halogens is 1. The summed E-state index contributed by atoms with van der Waals surface area (Å²) in [6.45, 7) is 6.06. The molecule has 1 aromatic rings. The lowest BCUT2D eigenvalue weighted by Gasteiger charge is -2.23. The molecule has 0 aliphatic carbocycles. The summed E-state index contributed by atoms with van der Waals surface area (Å²) in [5.74, 6) is -0.241. The standard InChI is InChI=1S/C14H22FN3O/c1-4-18(5-2)14(19)10-17(3)9-11-8-12(15)6-7-13(11)16/h6-8H,4-5,9-10,16H2,1-3H3. The lowest BCUT2D eigenvalue weighted by Crippen LogP contribution is -2.38. The van der Waals surface area contributed by atoms with E-state index in [1.54, 1.807) is 11.0 Å². The maximum absolute atomic E-state index is 13.1. The minimum atomic E-state index is -0.312. The van der Waals surface area contributed by atoms with Gasteiger partial charge < -0.3 is 10.6 Å². The number of nitrogens with zero attached hydrogens (tertiary/aromatic N) is 2. The molecule has 0 fully saturated rings. The van der Waals surface area contributed by atoms with Crippen molar-refractivity contribution in [3.63, 3.8) is 0 Å². The van der Waals surface area contributed by atoms with Crippen LogP contribution in [0.15, 0.2) is 18.2 Å². The fourth-order valence-corrected chi connectivity index (χ4v) is 1.97. The summed E-state index contributed by atoms with van der Waals surface area (Å²) >= 11 is 0. The van der Waals surface area contributed by atoms with Gasteiger partial charge >= 0.3 is 0 Å². The summed E-state index contributed by atoms with van der Waals surface area (Å²) in [6.07, 6.45) is 0. The summed E-state index contributed by atoms with van der Waals surface area (Å²) in [7, 11) is 1.83. The molecule has 106 valence electrons.